The van der Waals surface area contributed by atoms with E-state index in [2.05, 4.69) is 20.9 Å². The quantitative estimate of drug-likeness (QED) is 0.297. The first-order valence-corrected chi connectivity index (χ1v) is 8.87. The third-order valence-electron chi connectivity index (χ3n) is 4.71. The number of carboxylic acid groups (broad SMARTS) is 1. The molecule has 0 fully saturated rings. The van der Waals surface area contributed by atoms with Crippen LogP contribution >= 0.6 is 15.9 Å². The van der Waals surface area contributed by atoms with Gasteiger partial charge in [-0.05, 0) is 36.6 Å². The number of nitrogens with one attached hydrogen (secondary N) is 1. The van der Waals surface area contributed by atoms with E-state index in [1.165, 1.54) is 0 Å². The van der Waals surface area contributed by atoms with Gasteiger partial charge >= 0.3 is 5.97 Å². The molecule has 0 aliphatic rings. The first kappa shape index (κ1) is 15.3. The van der Waals surface area contributed by atoms with Crippen LogP contribution in [0.15, 0.2) is 46.9 Å². The highest BCUT2D eigenvalue weighted by Crippen LogP contribution is 2.38. The summed E-state index contributed by atoms with van der Waals surface area (Å²) >= 11 is 3.50. The van der Waals surface area contributed by atoms with Crippen molar-refractivity contribution in [1.82, 2.24) is 15.0 Å². The van der Waals surface area contributed by atoms with Crippen LogP contribution < -0.4 is 0 Å². The highest BCUT2D eigenvalue weighted by atomic mass is 79.9. The van der Waals surface area contributed by atoms with Crippen LogP contribution in [0.5, 0.6) is 0 Å². The number of aryl methyl sites for hydroxylation is 1. The molecule has 0 spiro atoms. The third-order valence-corrected chi connectivity index (χ3v) is 5.21. The van der Waals surface area contributed by atoms with Crippen molar-refractivity contribution in [2.45, 2.75) is 6.92 Å². The second kappa shape index (κ2) is 5.25. The maximum atomic E-state index is 11.9. The standard InChI is InChI=1S/C20H12BrN3O2/c1-9-15(20(25)26)16-12-8-10(21)6-7-11(12)17-19(18(16)22-9)24-14-5-3-2-4-13(14)23-17/h2-8,22H,1H3,(H,25,26). The van der Waals surface area contributed by atoms with Crippen LogP contribution in [0.2, 0.25) is 0 Å². The zero-order valence-corrected chi connectivity index (χ0v) is 15.3. The molecule has 0 aliphatic carbocycles. The van der Waals surface area contributed by atoms with Gasteiger partial charge in [-0.1, -0.05) is 34.1 Å². The van der Waals surface area contributed by atoms with Crippen LogP contribution in [-0.2, 0) is 0 Å². The van der Waals surface area contributed by atoms with Gasteiger partial charge in [-0.3, -0.25) is 0 Å². The van der Waals surface area contributed by atoms with Gasteiger partial charge in [-0.2, -0.15) is 0 Å². The van der Waals surface area contributed by atoms with Crippen LogP contribution in [0, 0.1) is 6.92 Å². The molecule has 0 atom stereocenters. The molecule has 0 radical (unpaired) electrons. The maximum Gasteiger partial charge on any atom is 0.338 e. The summed E-state index contributed by atoms with van der Waals surface area (Å²) in [4.78, 5) is 24.8. The Morgan fingerprint density at radius 3 is 2.42 bits per heavy atom. The second-order valence-electron chi connectivity index (χ2n) is 6.28. The number of hydrogen-bond acceptors (Lipinski definition) is 3. The minimum atomic E-state index is -0.955. The highest BCUT2D eigenvalue weighted by Gasteiger charge is 2.22. The van der Waals surface area contributed by atoms with E-state index in [4.69, 9.17) is 9.97 Å². The number of hydrogen-bond donors (Lipinski definition) is 2. The Kier molecular flexibility index (Phi) is 3.09. The average Bonchev–Trinajstić information content (AvgIpc) is 2.98. The summed E-state index contributed by atoms with van der Waals surface area (Å²) in [6.45, 7) is 1.77. The Hall–Kier alpha value is -2.99. The van der Waals surface area contributed by atoms with Gasteiger partial charge in [-0.15, -0.1) is 0 Å². The number of aromatic carboxylic acids is 1. The van der Waals surface area contributed by atoms with Crippen molar-refractivity contribution in [3.8, 4) is 0 Å². The molecule has 2 aromatic heterocycles. The van der Waals surface area contributed by atoms with Gasteiger partial charge in [0.2, 0.25) is 0 Å². The Labute approximate surface area is 155 Å². The third kappa shape index (κ3) is 1.99. The molecular formula is C20H12BrN3O2. The normalized spacial score (nSPS) is 11.8. The van der Waals surface area contributed by atoms with E-state index < -0.39 is 5.97 Å². The van der Waals surface area contributed by atoms with Crippen molar-refractivity contribution in [3.63, 3.8) is 0 Å². The molecule has 6 heteroatoms. The summed E-state index contributed by atoms with van der Waals surface area (Å²) in [7, 11) is 0. The molecule has 26 heavy (non-hydrogen) atoms. The fourth-order valence-corrected chi connectivity index (χ4v) is 3.99. The average molecular weight is 406 g/mol. The molecule has 5 aromatic rings. The fraction of sp³-hybridized carbons (Fsp3) is 0.0500. The van der Waals surface area contributed by atoms with Gasteiger partial charge in [0.25, 0.3) is 0 Å². The molecule has 5 rings (SSSR count). The molecule has 0 aliphatic heterocycles. The van der Waals surface area contributed by atoms with E-state index in [0.29, 0.717) is 22.1 Å². The van der Waals surface area contributed by atoms with E-state index in [9.17, 15) is 9.90 Å². The largest absolute Gasteiger partial charge is 0.478 e. The van der Waals surface area contributed by atoms with Crippen LogP contribution in [0.1, 0.15) is 16.1 Å². The Morgan fingerprint density at radius 2 is 1.73 bits per heavy atom. The van der Waals surface area contributed by atoms with Gasteiger partial charge < -0.3 is 10.1 Å². The smallest absolute Gasteiger partial charge is 0.338 e. The lowest BCUT2D eigenvalue weighted by atomic mass is 10.0. The lowest BCUT2D eigenvalue weighted by molar-refractivity contribution is 0.0698. The second-order valence-corrected chi connectivity index (χ2v) is 7.20. The number of carboxylic acids is 1. The molecule has 0 unspecified atom stereocenters. The van der Waals surface area contributed by atoms with Crippen molar-refractivity contribution in [3.05, 3.63) is 58.2 Å². The number of halogens is 1. The van der Waals surface area contributed by atoms with Crippen molar-refractivity contribution in [2.75, 3.05) is 0 Å². The monoisotopic (exact) mass is 405 g/mol. The summed E-state index contributed by atoms with van der Waals surface area (Å²) in [6.07, 6.45) is 0. The molecule has 0 bridgehead atoms. The number of aromatic amines is 1. The van der Waals surface area contributed by atoms with E-state index in [1.807, 2.05) is 42.5 Å². The number of fused-ring (bicyclic) bond motifs is 7. The molecule has 2 heterocycles. The Morgan fingerprint density at radius 1 is 1.04 bits per heavy atom. The number of H-pyrrole nitrogens is 1. The summed E-state index contributed by atoms with van der Waals surface area (Å²) in [5.74, 6) is -0.955. The SMILES string of the molecule is Cc1[nH]c2c3nc4ccccc4nc3c3ccc(Br)cc3c2c1C(=O)O. The predicted octanol–water partition coefficient (Wildman–Crippen LogP) is 5.19. The number of aromatic nitrogens is 3. The number of nitrogens with zero attached hydrogens (tertiary/aromatic N) is 2. The van der Waals surface area contributed by atoms with Crippen molar-refractivity contribution < 1.29 is 9.90 Å². The zero-order valence-electron chi connectivity index (χ0n) is 13.7. The Balaban J connectivity index is 2.15. The van der Waals surface area contributed by atoms with Gasteiger partial charge in [-0.25, -0.2) is 14.8 Å². The van der Waals surface area contributed by atoms with Crippen LogP contribution in [-0.4, -0.2) is 26.0 Å². The first-order chi connectivity index (χ1) is 12.5. The maximum absolute atomic E-state index is 11.9. The van der Waals surface area contributed by atoms with Crippen molar-refractivity contribution in [2.24, 2.45) is 0 Å². The molecular weight excluding hydrogens is 394 g/mol. The van der Waals surface area contributed by atoms with Crippen LogP contribution in [0.25, 0.3) is 43.7 Å². The zero-order chi connectivity index (χ0) is 18.0. The van der Waals surface area contributed by atoms with E-state index in [1.54, 1.807) is 6.92 Å². The predicted molar refractivity (Wildman–Crippen MR) is 106 cm³/mol. The van der Waals surface area contributed by atoms with E-state index >= 15 is 0 Å². The van der Waals surface area contributed by atoms with E-state index in [-0.39, 0.29) is 5.56 Å². The number of benzene rings is 3. The molecule has 5 nitrogen and oxygen atoms in total. The first-order valence-electron chi connectivity index (χ1n) is 8.08. The summed E-state index contributed by atoms with van der Waals surface area (Å²) in [5.41, 5.74) is 4.63. The summed E-state index contributed by atoms with van der Waals surface area (Å²) < 4.78 is 0.884. The minimum absolute atomic E-state index is 0.278. The lowest BCUT2D eigenvalue weighted by Gasteiger charge is -2.08. The van der Waals surface area contributed by atoms with Gasteiger partial charge in [0.15, 0.2) is 0 Å². The van der Waals surface area contributed by atoms with Crippen LogP contribution in [0.4, 0.5) is 0 Å². The molecule has 2 N–H and O–H groups in total. The van der Waals surface area contributed by atoms with E-state index in [0.717, 1.165) is 31.8 Å². The van der Waals surface area contributed by atoms with Gasteiger partial charge in [0, 0.05) is 20.9 Å². The topological polar surface area (TPSA) is 78.9 Å². The fourth-order valence-electron chi connectivity index (χ4n) is 3.63. The number of para-hydroxylation sites is 2. The van der Waals surface area contributed by atoms with Gasteiger partial charge in [0.1, 0.15) is 5.52 Å². The number of rotatable bonds is 1. The highest BCUT2D eigenvalue weighted by molar-refractivity contribution is 9.10. The Bertz CT molecular complexity index is 1390. The lowest BCUT2D eigenvalue weighted by Crippen LogP contribution is -1.98. The minimum Gasteiger partial charge on any atom is -0.478 e. The van der Waals surface area contributed by atoms with Crippen molar-refractivity contribution in [1.29, 1.82) is 0 Å². The summed E-state index contributed by atoms with van der Waals surface area (Å²) in [6, 6.07) is 13.5. The number of carbonyl (C=O) groups is 1. The molecule has 0 saturated carbocycles. The molecule has 0 amide bonds. The molecule has 126 valence electrons. The van der Waals surface area contributed by atoms with Crippen LogP contribution in [0.3, 0.4) is 0 Å². The molecule has 0 saturated heterocycles. The summed E-state index contributed by atoms with van der Waals surface area (Å²) in [5, 5.41) is 12.2. The van der Waals surface area contributed by atoms with Gasteiger partial charge in [0.05, 0.1) is 27.6 Å². The van der Waals surface area contributed by atoms with Crippen molar-refractivity contribution >= 4 is 65.6 Å². The molecule has 3 aromatic carbocycles.